The highest BCUT2D eigenvalue weighted by atomic mass is 32.2. The number of methoxy groups -OCH3 is 1. The highest BCUT2D eigenvalue weighted by molar-refractivity contribution is 7.92. The summed E-state index contributed by atoms with van der Waals surface area (Å²) >= 11 is 0. The number of benzene rings is 2. The van der Waals surface area contributed by atoms with Crippen molar-refractivity contribution in [2.24, 2.45) is 0 Å². The van der Waals surface area contributed by atoms with Crippen LogP contribution in [-0.2, 0) is 27.7 Å². The van der Waals surface area contributed by atoms with E-state index < -0.39 is 10.0 Å². The molecule has 0 unspecified atom stereocenters. The molecule has 2 heterocycles. The number of fused-ring (bicyclic) bond motifs is 3. The number of aromatic nitrogens is 1. The van der Waals surface area contributed by atoms with E-state index in [0.29, 0.717) is 24.3 Å². The molecule has 0 aliphatic carbocycles. The minimum absolute atomic E-state index is 0.266. The third kappa shape index (κ3) is 3.19. The maximum Gasteiger partial charge on any atom is 0.354 e. The fourth-order valence-corrected chi connectivity index (χ4v) is 5.21. The number of rotatable bonds is 4. The van der Waals surface area contributed by atoms with Crippen LogP contribution in [-0.4, -0.2) is 33.1 Å². The van der Waals surface area contributed by atoms with E-state index in [-0.39, 0.29) is 10.9 Å². The molecule has 0 amide bonds. The summed E-state index contributed by atoms with van der Waals surface area (Å²) in [6.07, 6.45) is 0.702. The van der Waals surface area contributed by atoms with Crippen molar-refractivity contribution in [2.75, 3.05) is 18.5 Å². The second-order valence-electron chi connectivity index (χ2n) is 7.58. The minimum Gasteiger partial charge on any atom is -0.464 e. The molecular weight excluding hydrogens is 400 g/mol. The van der Waals surface area contributed by atoms with Gasteiger partial charge in [0.2, 0.25) is 0 Å². The first kappa shape index (κ1) is 20.2. The predicted octanol–water partition coefficient (Wildman–Crippen LogP) is 3.94. The summed E-state index contributed by atoms with van der Waals surface area (Å²) in [6, 6.07) is 14.4. The van der Waals surface area contributed by atoms with Crippen LogP contribution in [0.3, 0.4) is 0 Å². The van der Waals surface area contributed by atoms with Gasteiger partial charge < -0.3 is 9.30 Å². The number of hydrogen-bond acceptors (Lipinski definition) is 4. The number of ether oxygens (including phenoxy) is 1. The summed E-state index contributed by atoms with van der Waals surface area (Å²) < 4.78 is 34.4. The van der Waals surface area contributed by atoms with Crippen molar-refractivity contribution in [2.45, 2.75) is 31.7 Å². The summed E-state index contributed by atoms with van der Waals surface area (Å²) in [5, 5.41) is 0. The quantitative estimate of drug-likeness (QED) is 0.595. The van der Waals surface area contributed by atoms with Crippen LogP contribution in [0.5, 0.6) is 0 Å². The maximum atomic E-state index is 13.1. The first-order valence-corrected chi connectivity index (χ1v) is 11.2. The van der Waals surface area contributed by atoms with Crippen molar-refractivity contribution in [1.82, 2.24) is 4.57 Å². The monoisotopic (exact) mass is 424 g/mol. The van der Waals surface area contributed by atoms with Gasteiger partial charge in [-0.1, -0.05) is 17.7 Å². The zero-order valence-electron chi connectivity index (χ0n) is 17.5. The van der Waals surface area contributed by atoms with Gasteiger partial charge >= 0.3 is 5.97 Å². The Bertz CT molecular complexity index is 1240. The standard InChI is InChI=1S/C23H24N2O4S/c1-15-5-7-19(8-6-15)30(27,28)24(3)18-13-16(2)22-17(14-18)11-12-25-20(22)9-10-21(25)23(26)29-4/h5-10,13-14H,11-12H2,1-4H3. The lowest BCUT2D eigenvalue weighted by atomic mass is 9.93. The molecule has 0 saturated heterocycles. The molecular formula is C23H24N2O4S. The normalized spacial score (nSPS) is 12.8. The molecule has 0 bridgehead atoms. The number of aryl methyl sites for hydroxylation is 3. The molecule has 156 valence electrons. The van der Waals surface area contributed by atoms with Gasteiger partial charge in [-0.25, -0.2) is 13.2 Å². The van der Waals surface area contributed by atoms with Gasteiger partial charge in [0.1, 0.15) is 5.69 Å². The average Bonchev–Trinajstić information content (AvgIpc) is 3.16. The van der Waals surface area contributed by atoms with Crippen LogP contribution in [0.4, 0.5) is 5.69 Å². The minimum atomic E-state index is -3.66. The van der Waals surface area contributed by atoms with Crippen molar-refractivity contribution in [3.05, 3.63) is 70.9 Å². The van der Waals surface area contributed by atoms with Crippen LogP contribution in [0.15, 0.2) is 53.4 Å². The summed E-state index contributed by atoms with van der Waals surface area (Å²) in [5.41, 5.74) is 6.18. The number of sulfonamides is 1. The molecule has 0 N–H and O–H groups in total. The van der Waals surface area contributed by atoms with Gasteiger partial charge in [-0.2, -0.15) is 0 Å². The number of nitrogens with zero attached hydrogens (tertiary/aromatic N) is 2. The van der Waals surface area contributed by atoms with Gasteiger partial charge in [0.25, 0.3) is 10.0 Å². The molecule has 30 heavy (non-hydrogen) atoms. The van der Waals surface area contributed by atoms with Gasteiger partial charge in [0.15, 0.2) is 0 Å². The van der Waals surface area contributed by atoms with E-state index in [9.17, 15) is 13.2 Å². The van der Waals surface area contributed by atoms with Crippen molar-refractivity contribution >= 4 is 21.7 Å². The maximum absolute atomic E-state index is 13.1. The van der Waals surface area contributed by atoms with Crippen LogP contribution in [0.25, 0.3) is 11.3 Å². The summed E-state index contributed by atoms with van der Waals surface area (Å²) in [6.45, 7) is 4.53. The average molecular weight is 425 g/mol. The molecule has 3 aromatic rings. The lowest BCUT2D eigenvalue weighted by Crippen LogP contribution is -2.27. The number of anilines is 1. The Morgan fingerprint density at radius 2 is 1.77 bits per heavy atom. The SMILES string of the molecule is COC(=O)c1ccc2n1CCc1cc(N(C)S(=O)(=O)c3ccc(C)cc3)cc(C)c1-2. The number of hydrogen-bond donors (Lipinski definition) is 0. The van der Waals surface area contributed by atoms with Gasteiger partial charge in [0.05, 0.1) is 17.7 Å². The Hall–Kier alpha value is -3.06. The highest BCUT2D eigenvalue weighted by Gasteiger charge is 2.26. The van der Waals surface area contributed by atoms with Gasteiger partial charge in [-0.05, 0) is 67.8 Å². The second-order valence-corrected chi connectivity index (χ2v) is 9.55. The van der Waals surface area contributed by atoms with Gasteiger partial charge in [0, 0.05) is 24.8 Å². The fraction of sp³-hybridized carbons (Fsp3) is 0.261. The second kappa shape index (κ2) is 7.32. The lowest BCUT2D eigenvalue weighted by Gasteiger charge is -2.26. The molecule has 2 aromatic carbocycles. The Labute approximate surface area is 176 Å². The molecule has 1 aromatic heterocycles. The van der Waals surface area contributed by atoms with E-state index in [2.05, 4.69) is 0 Å². The summed E-state index contributed by atoms with van der Waals surface area (Å²) in [5.74, 6) is -0.358. The van der Waals surface area contributed by atoms with Crippen molar-refractivity contribution in [1.29, 1.82) is 0 Å². The summed E-state index contributed by atoms with van der Waals surface area (Å²) in [4.78, 5) is 12.3. The Balaban J connectivity index is 1.76. The van der Waals surface area contributed by atoms with Gasteiger partial charge in [-0.15, -0.1) is 0 Å². The Kier molecular flexibility index (Phi) is 4.94. The smallest absolute Gasteiger partial charge is 0.354 e. The highest BCUT2D eigenvalue weighted by Crippen LogP contribution is 2.37. The van der Waals surface area contributed by atoms with E-state index >= 15 is 0 Å². The molecule has 0 saturated carbocycles. The largest absolute Gasteiger partial charge is 0.464 e. The van der Waals surface area contributed by atoms with E-state index in [0.717, 1.165) is 27.9 Å². The molecule has 6 nitrogen and oxygen atoms in total. The van der Waals surface area contributed by atoms with E-state index in [4.69, 9.17) is 4.74 Å². The summed E-state index contributed by atoms with van der Waals surface area (Å²) in [7, 11) is -0.700. The molecule has 0 spiro atoms. The van der Waals surface area contributed by atoms with Crippen LogP contribution < -0.4 is 4.31 Å². The van der Waals surface area contributed by atoms with E-state index in [1.54, 1.807) is 37.4 Å². The number of carbonyl (C=O) groups is 1. The number of carbonyl (C=O) groups excluding carboxylic acids is 1. The first-order valence-electron chi connectivity index (χ1n) is 9.71. The molecule has 4 rings (SSSR count). The van der Waals surface area contributed by atoms with E-state index in [1.807, 2.05) is 36.6 Å². The predicted molar refractivity (Wildman–Crippen MR) is 116 cm³/mol. The fourth-order valence-electron chi connectivity index (χ4n) is 4.03. The first-order chi connectivity index (χ1) is 14.2. The van der Waals surface area contributed by atoms with Crippen LogP contribution >= 0.6 is 0 Å². The molecule has 1 aliphatic rings. The van der Waals surface area contributed by atoms with E-state index in [1.165, 1.54) is 11.4 Å². The molecule has 1 aliphatic heterocycles. The van der Waals surface area contributed by atoms with Crippen LogP contribution in [0.1, 0.15) is 27.2 Å². The topological polar surface area (TPSA) is 68.6 Å². The van der Waals surface area contributed by atoms with Crippen molar-refractivity contribution < 1.29 is 17.9 Å². The molecule has 0 radical (unpaired) electrons. The Morgan fingerprint density at radius 3 is 2.43 bits per heavy atom. The number of esters is 1. The van der Waals surface area contributed by atoms with Crippen LogP contribution in [0, 0.1) is 13.8 Å². The zero-order chi connectivity index (χ0) is 21.6. The van der Waals surface area contributed by atoms with Gasteiger partial charge in [-0.3, -0.25) is 4.31 Å². The van der Waals surface area contributed by atoms with Crippen molar-refractivity contribution in [3.63, 3.8) is 0 Å². The van der Waals surface area contributed by atoms with Crippen molar-refractivity contribution in [3.8, 4) is 11.3 Å². The molecule has 7 heteroatoms. The third-order valence-corrected chi connectivity index (χ3v) is 7.48. The third-order valence-electron chi connectivity index (χ3n) is 5.68. The molecule has 0 atom stereocenters. The van der Waals surface area contributed by atoms with Crippen LogP contribution in [0.2, 0.25) is 0 Å². The zero-order valence-corrected chi connectivity index (χ0v) is 18.3. The molecule has 0 fully saturated rings. The lowest BCUT2D eigenvalue weighted by molar-refractivity contribution is 0.0588. The Morgan fingerprint density at radius 1 is 1.07 bits per heavy atom.